The molecule has 0 unspecified atom stereocenters. The van der Waals surface area contributed by atoms with E-state index in [-0.39, 0.29) is 17.3 Å². The van der Waals surface area contributed by atoms with Crippen LogP contribution >= 0.6 is 11.6 Å². The molecular formula is C20H22ClN3O4S. The molecule has 0 radical (unpaired) electrons. The lowest BCUT2D eigenvalue weighted by Gasteiger charge is -2.34. The van der Waals surface area contributed by atoms with Gasteiger partial charge < -0.3 is 9.80 Å². The van der Waals surface area contributed by atoms with Gasteiger partial charge in [0.1, 0.15) is 6.54 Å². The van der Waals surface area contributed by atoms with E-state index in [4.69, 9.17) is 11.6 Å². The molecule has 3 rings (SSSR count). The first-order valence-corrected chi connectivity index (χ1v) is 10.9. The number of halogens is 1. The van der Waals surface area contributed by atoms with E-state index in [1.807, 2.05) is 6.92 Å². The summed E-state index contributed by atoms with van der Waals surface area (Å²) in [7, 11) is -3.97. The van der Waals surface area contributed by atoms with Gasteiger partial charge in [0.2, 0.25) is 12.3 Å². The Balaban J connectivity index is 1.89. The molecule has 0 aromatic heterocycles. The minimum Gasteiger partial charge on any atom is -0.342 e. The number of nitrogens with zero attached hydrogens (tertiary/aromatic N) is 3. The Morgan fingerprint density at radius 3 is 2.17 bits per heavy atom. The molecule has 2 amide bonds. The second kappa shape index (κ2) is 8.84. The van der Waals surface area contributed by atoms with E-state index < -0.39 is 10.0 Å². The number of piperazine rings is 1. The van der Waals surface area contributed by atoms with Crippen molar-refractivity contribution >= 4 is 39.6 Å². The highest BCUT2D eigenvalue weighted by atomic mass is 35.5. The maximum absolute atomic E-state index is 13.3. The van der Waals surface area contributed by atoms with Gasteiger partial charge in [-0.25, -0.2) is 8.42 Å². The zero-order valence-electron chi connectivity index (χ0n) is 16.0. The summed E-state index contributed by atoms with van der Waals surface area (Å²) in [5, 5.41) is 0.426. The molecule has 1 heterocycles. The van der Waals surface area contributed by atoms with Crippen LogP contribution in [0, 0.1) is 6.92 Å². The number of amides is 2. The van der Waals surface area contributed by atoms with E-state index in [0.29, 0.717) is 36.9 Å². The summed E-state index contributed by atoms with van der Waals surface area (Å²) in [5.41, 5.74) is 1.39. The highest BCUT2D eigenvalue weighted by molar-refractivity contribution is 7.92. The predicted octanol–water partition coefficient (Wildman–Crippen LogP) is 2.14. The number of rotatable bonds is 6. The van der Waals surface area contributed by atoms with E-state index in [1.165, 1.54) is 24.3 Å². The third-order valence-electron chi connectivity index (χ3n) is 4.82. The maximum atomic E-state index is 13.3. The Labute approximate surface area is 175 Å². The van der Waals surface area contributed by atoms with Crippen LogP contribution in [0.5, 0.6) is 0 Å². The Morgan fingerprint density at radius 1 is 1.03 bits per heavy atom. The second-order valence-electron chi connectivity index (χ2n) is 6.82. The number of carbonyl (C=O) groups is 2. The Bertz CT molecular complexity index is 970. The number of carbonyl (C=O) groups excluding carboxylic acids is 2. The lowest BCUT2D eigenvalue weighted by Crippen LogP contribution is -2.51. The summed E-state index contributed by atoms with van der Waals surface area (Å²) in [6, 6.07) is 12.8. The van der Waals surface area contributed by atoms with Gasteiger partial charge >= 0.3 is 0 Å². The normalized spacial score (nSPS) is 14.6. The third-order valence-corrected chi connectivity index (χ3v) is 6.86. The van der Waals surface area contributed by atoms with Gasteiger partial charge in [-0.05, 0) is 43.3 Å². The summed E-state index contributed by atoms with van der Waals surface area (Å²) >= 11 is 5.89. The van der Waals surface area contributed by atoms with Gasteiger partial charge in [-0.2, -0.15) is 0 Å². The molecule has 1 aliphatic rings. The minimum absolute atomic E-state index is 0.0565. The first kappa shape index (κ1) is 21.1. The van der Waals surface area contributed by atoms with Crippen LogP contribution < -0.4 is 4.31 Å². The lowest BCUT2D eigenvalue weighted by molar-refractivity contribution is -0.133. The quantitative estimate of drug-likeness (QED) is 0.651. The van der Waals surface area contributed by atoms with Gasteiger partial charge in [-0.3, -0.25) is 13.9 Å². The molecule has 2 aromatic carbocycles. The van der Waals surface area contributed by atoms with Gasteiger partial charge in [0.05, 0.1) is 10.6 Å². The molecule has 9 heteroatoms. The first-order valence-electron chi connectivity index (χ1n) is 9.13. The zero-order chi connectivity index (χ0) is 21.0. The van der Waals surface area contributed by atoms with Crippen molar-refractivity contribution in [2.45, 2.75) is 11.8 Å². The Kier molecular flexibility index (Phi) is 6.44. The largest absolute Gasteiger partial charge is 0.342 e. The van der Waals surface area contributed by atoms with Crippen LogP contribution in [0.1, 0.15) is 5.56 Å². The number of benzene rings is 2. The van der Waals surface area contributed by atoms with Crippen LogP contribution in [0.15, 0.2) is 53.4 Å². The summed E-state index contributed by atoms with van der Waals surface area (Å²) < 4.78 is 27.7. The molecule has 0 atom stereocenters. The maximum Gasteiger partial charge on any atom is 0.264 e. The van der Waals surface area contributed by atoms with Gasteiger partial charge in [0.25, 0.3) is 10.0 Å². The molecule has 1 saturated heterocycles. The average Bonchev–Trinajstić information content (AvgIpc) is 2.73. The predicted molar refractivity (Wildman–Crippen MR) is 111 cm³/mol. The molecule has 2 aromatic rings. The molecule has 7 nitrogen and oxygen atoms in total. The van der Waals surface area contributed by atoms with E-state index >= 15 is 0 Å². The van der Waals surface area contributed by atoms with Gasteiger partial charge in [0, 0.05) is 31.2 Å². The van der Waals surface area contributed by atoms with Crippen LogP contribution in [-0.2, 0) is 19.6 Å². The summed E-state index contributed by atoms with van der Waals surface area (Å²) in [5.74, 6) is -0.311. The van der Waals surface area contributed by atoms with Crippen molar-refractivity contribution in [3.63, 3.8) is 0 Å². The second-order valence-corrected chi connectivity index (χ2v) is 9.12. The molecule has 0 aliphatic carbocycles. The zero-order valence-corrected chi connectivity index (χ0v) is 17.6. The van der Waals surface area contributed by atoms with Gasteiger partial charge in [-0.1, -0.05) is 29.3 Å². The van der Waals surface area contributed by atoms with E-state index in [9.17, 15) is 18.0 Å². The monoisotopic (exact) mass is 435 g/mol. The molecule has 1 aliphatic heterocycles. The summed E-state index contributed by atoms with van der Waals surface area (Å²) in [6.45, 7) is 3.20. The standard InChI is InChI=1S/C20H22ClN3O4S/c1-16-2-6-18(7-3-16)24(29(27,28)19-8-4-17(21)5-9-19)14-20(26)23-12-10-22(15-25)11-13-23/h2-9,15H,10-14H2,1H3. The summed E-state index contributed by atoms with van der Waals surface area (Å²) in [4.78, 5) is 27.0. The Morgan fingerprint density at radius 2 is 1.62 bits per heavy atom. The number of hydrogen-bond donors (Lipinski definition) is 0. The fourth-order valence-electron chi connectivity index (χ4n) is 3.06. The SMILES string of the molecule is Cc1ccc(N(CC(=O)N2CCN(C=O)CC2)S(=O)(=O)c2ccc(Cl)cc2)cc1. The lowest BCUT2D eigenvalue weighted by atomic mass is 10.2. The molecule has 0 bridgehead atoms. The smallest absolute Gasteiger partial charge is 0.264 e. The van der Waals surface area contributed by atoms with Crippen molar-refractivity contribution < 1.29 is 18.0 Å². The van der Waals surface area contributed by atoms with Crippen molar-refractivity contribution in [1.82, 2.24) is 9.80 Å². The number of anilines is 1. The highest BCUT2D eigenvalue weighted by Crippen LogP contribution is 2.25. The molecule has 1 fully saturated rings. The Hall–Kier alpha value is -2.58. The van der Waals surface area contributed by atoms with Crippen LogP contribution in [0.4, 0.5) is 5.69 Å². The third kappa shape index (κ3) is 4.89. The van der Waals surface area contributed by atoms with Crippen molar-refractivity contribution in [3.05, 3.63) is 59.1 Å². The first-order chi connectivity index (χ1) is 13.8. The molecule has 0 saturated carbocycles. The van der Waals surface area contributed by atoms with Crippen molar-refractivity contribution in [2.75, 3.05) is 37.0 Å². The van der Waals surface area contributed by atoms with Crippen LogP contribution in [0.2, 0.25) is 5.02 Å². The van der Waals surface area contributed by atoms with Gasteiger partial charge in [0.15, 0.2) is 0 Å². The molecular weight excluding hydrogens is 414 g/mol. The minimum atomic E-state index is -3.97. The van der Waals surface area contributed by atoms with Crippen molar-refractivity contribution in [3.8, 4) is 0 Å². The van der Waals surface area contributed by atoms with Crippen LogP contribution in [0.25, 0.3) is 0 Å². The topological polar surface area (TPSA) is 78.0 Å². The molecule has 0 N–H and O–H groups in total. The van der Waals surface area contributed by atoms with E-state index in [0.717, 1.165) is 16.3 Å². The fraction of sp³-hybridized carbons (Fsp3) is 0.300. The molecule has 154 valence electrons. The van der Waals surface area contributed by atoms with Crippen molar-refractivity contribution in [1.29, 1.82) is 0 Å². The van der Waals surface area contributed by atoms with E-state index in [2.05, 4.69) is 0 Å². The number of hydrogen-bond acceptors (Lipinski definition) is 4. The number of sulfonamides is 1. The van der Waals surface area contributed by atoms with E-state index in [1.54, 1.807) is 34.1 Å². The average molecular weight is 436 g/mol. The fourth-order valence-corrected chi connectivity index (χ4v) is 4.60. The highest BCUT2D eigenvalue weighted by Gasteiger charge is 2.30. The van der Waals surface area contributed by atoms with Crippen LogP contribution in [-0.4, -0.2) is 63.3 Å². The number of aryl methyl sites for hydroxylation is 1. The molecule has 29 heavy (non-hydrogen) atoms. The van der Waals surface area contributed by atoms with Gasteiger partial charge in [-0.15, -0.1) is 0 Å². The van der Waals surface area contributed by atoms with Crippen LogP contribution in [0.3, 0.4) is 0 Å². The van der Waals surface area contributed by atoms with Crippen molar-refractivity contribution in [2.24, 2.45) is 0 Å². The molecule has 0 spiro atoms. The summed E-state index contributed by atoms with van der Waals surface area (Å²) in [6.07, 6.45) is 0.755.